The number of benzene rings is 2. The van der Waals surface area contributed by atoms with Gasteiger partial charge in [0.1, 0.15) is 11.3 Å². The number of carbonyl (C=O) groups is 1. The third-order valence-corrected chi connectivity index (χ3v) is 4.71. The Hall–Kier alpha value is -1.82. The molecule has 0 spiro atoms. The zero-order valence-electron chi connectivity index (χ0n) is 15.2. The molecule has 0 saturated heterocycles. The number of fused-ring (bicyclic) bond motifs is 1. The first kappa shape index (κ1) is 21.5. The standard InChI is InChI=1S/C21H22N2O3.Ca.2H/c1-4-14-10-9-13-16-17(14)19(24)18(20(25)22(16)3)21(26)23(5-2)15-11-7-6-8-12-15;;;/h6-13,24H,4-5H2,1-3H3;;;. The number of amides is 1. The van der Waals surface area contributed by atoms with Gasteiger partial charge in [-0.1, -0.05) is 37.3 Å². The van der Waals surface area contributed by atoms with Crippen LogP contribution in [-0.2, 0) is 13.5 Å². The van der Waals surface area contributed by atoms with Gasteiger partial charge < -0.3 is 14.6 Å². The van der Waals surface area contributed by atoms with Gasteiger partial charge in [0.25, 0.3) is 11.5 Å². The van der Waals surface area contributed by atoms with E-state index in [9.17, 15) is 14.7 Å². The van der Waals surface area contributed by atoms with Crippen LogP contribution < -0.4 is 10.5 Å². The van der Waals surface area contributed by atoms with Crippen molar-refractivity contribution in [1.29, 1.82) is 0 Å². The van der Waals surface area contributed by atoms with Crippen molar-refractivity contribution < 1.29 is 9.90 Å². The normalized spacial score (nSPS) is 10.5. The average molecular weight is 393 g/mol. The summed E-state index contributed by atoms with van der Waals surface area (Å²) in [6.45, 7) is 4.20. The second kappa shape index (κ2) is 8.91. The monoisotopic (exact) mass is 392 g/mol. The van der Waals surface area contributed by atoms with E-state index >= 15 is 0 Å². The fourth-order valence-corrected chi connectivity index (χ4v) is 3.32. The number of hydrogen-bond donors (Lipinski definition) is 1. The summed E-state index contributed by atoms with van der Waals surface area (Å²) < 4.78 is 1.43. The molecular weight excluding hydrogens is 368 g/mol. The number of aromatic hydroxyl groups is 1. The van der Waals surface area contributed by atoms with E-state index in [1.807, 2.05) is 44.2 Å². The molecule has 0 aliphatic carbocycles. The first-order valence-corrected chi connectivity index (χ1v) is 8.71. The predicted octanol–water partition coefficient (Wildman–Crippen LogP) is 2.56. The minimum absolute atomic E-state index is 0. The second-order valence-electron chi connectivity index (χ2n) is 6.14. The third-order valence-electron chi connectivity index (χ3n) is 4.71. The Morgan fingerprint density at radius 3 is 2.33 bits per heavy atom. The van der Waals surface area contributed by atoms with E-state index < -0.39 is 11.5 Å². The van der Waals surface area contributed by atoms with Gasteiger partial charge in [0.2, 0.25) is 0 Å². The van der Waals surface area contributed by atoms with Crippen LogP contribution in [0.25, 0.3) is 10.9 Å². The Morgan fingerprint density at radius 2 is 1.74 bits per heavy atom. The summed E-state index contributed by atoms with van der Waals surface area (Å²) in [5.41, 5.74) is 1.51. The Morgan fingerprint density at radius 1 is 1.07 bits per heavy atom. The molecule has 138 valence electrons. The van der Waals surface area contributed by atoms with E-state index in [4.69, 9.17) is 0 Å². The predicted molar refractivity (Wildman–Crippen MR) is 113 cm³/mol. The molecule has 1 N–H and O–H groups in total. The quantitative estimate of drug-likeness (QED) is 0.694. The second-order valence-corrected chi connectivity index (χ2v) is 6.14. The summed E-state index contributed by atoms with van der Waals surface area (Å²) in [5.74, 6) is -0.732. The van der Waals surface area contributed by atoms with Crippen molar-refractivity contribution >= 4 is 60.2 Å². The van der Waals surface area contributed by atoms with Crippen molar-refractivity contribution in [3.63, 3.8) is 0 Å². The fourth-order valence-electron chi connectivity index (χ4n) is 3.32. The summed E-state index contributed by atoms with van der Waals surface area (Å²) in [6, 6.07) is 14.7. The number of aryl methyl sites for hydroxylation is 2. The number of aromatic nitrogens is 1. The van der Waals surface area contributed by atoms with E-state index in [0.717, 1.165) is 5.56 Å². The van der Waals surface area contributed by atoms with E-state index in [0.29, 0.717) is 29.6 Å². The molecule has 6 heteroatoms. The summed E-state index contributed by atoms with van der Waals surface area (Å²) in [7, 11) is 1.62. The van der Waals surface area contributed by atoms with Crippen LogP contribution in [0.2, 0.25) is 0 Å². The van der Waals surface area contributed by atoms with Gasteiger partial charge in [0, 0.05) is 24.7 Å². The first-order valence-electron chi connectivity index (χ1n) is 8.71. The summed E-state index contributed by atoms with van der Waals surface area (Å²) in [4.78, 5) is 27.5. The molecule has 0 atom stereocenters. The molecule has 0 aliphatic heterocycles. The molecule has 0 unspecified atom stereocenters. The SMILES string of the molecule is CCc1cccc2c1c(O)c(C(=O)N(CC)c1ccccc1)c(=O)n2C.[CaH2]. The molecular formula is C21H24CaN2O3. The fraction of sp³-hybridized carbons (Fsp3) is 0.238. The van der Waals surface area contributed by atoms with Gasteiger partial charge in [-0.3, -0.25) is 9.59 Å². The van der Waals surface area contributed by atoms with Crippen molar-refractivity contribution in [1.82, 2.24) is 4.57 Å². The summed E-state index contributed by atoms with van der Waals surface area (Å²) in [6.07, 6.45) is 0.687. The van der Waals surface area contributed by atoms with Crippen LogP contribution in [-0.4, -0.2) is 59.9 Å². The van der Waals surface area contributed by atoms with Crippen LogP contribution >= 0.6 is 0 Å². The van der Waals surface area contributed by atoms with E-state index in [1.165, 1.54) is 9.47 Å². The molecule has 3 rings (SSSR count). The molecule has 1 aromatic heterocycles. The number of nitrogens with zero attached hydrogens (tertiary/aromatic N) is 2. The topological polar surface area (TPSA) is 62.5 Å². The average Bonchev–Trinajstić information content (AvgIpc) is 2.67. The number of rotatable bonds is 4. The van der Waals surface area contributed by atoms with Crippen LogP contribution in [0, 0.1) is 0 Å². The number of carbonyl (C=O) groups excluding carboxylic acids is 1. The van der Waals surface area contributed by atoms with Crippen LogP contribution in [0.3, 0.4) is 0 Å². The Labute approximate surface area is 188 Å². The maximum atomic E-state index is 13.2. The summed E-state index contributed by atoms with van der Waals surface area (Å²) >= 11 is 0. The van der Waals surface area contributed by atoms with Gasteiger partial charge >= 0.3 is 37.7 Å². The van der Waals surface area contributed by atoms with E-state index in [2.05, 4.69) is 0 Å². The van der Waals surface area contributed by atoms with Gasteiger partial charge in [0.05, 0.1) is 5.52 Å². The molecule has 27 heavy (non-hydrogen) atoms. The van der Waals surface area contributed by atoms with Crippen molar-refractivity contribution in [2.75, 3.05) is 11.4 Å². The van der Waals surface area contributed by atoms with Gasteiger partial charge in [-0.25, -0.2) is 0 Å². The molecule has 3 aromatic rings. The molecule has 1 amide bonds. The van der Waals surface area contributed by atoms with Crippen LogP contribution in [0.5, 0.6) is 5.75 Å². The van der Waals surface area contributed by atoms with Crippen LogP contribution in [0.1, 0.15) is 29.8 Å². The number of hydrogen-bond acceptors (Lipinski definition) is 3. The zero-order chi connectivity index (χ0) is 18.8. The van der Waals surface area contributed by atoms with Crippen molar-refractivity contribution in [2.45, 2.75) is 20.3 Å². The van der Waals surface area contributed by atoms with Gasteiger partial charge in [-0.05, 0) is 37.1 Å². The van der Waals surface area contributed by atoms with Crippen molar-refractivity contribution in [2.24, 2.45) is 7.05 Å². The Bertz CT molecular complexity index is 1030. The molecule has 2 aromatic carbocycles. The summed E-state index contributed by atoms with van der Waals surface area (Å²) in [5, 5.41) is 11.4. The molecule has 0 bridgehead atoms. The van der Waals surface area contributed by atoms with Crippen LogP contribution in [0.4, 0.5) is 5.69 Å². The molecule has 0 radical (unpaired) electrons. The minimum atomic E-state index is -0.498. The first-order chi connectivity index (χ1) is 12.5. The van der Waals surface area contributed by atoms with E-state index in [-0.39, 0.29) is 49.1 Å². The molecule has 0 aliphatic rings. The van der Waals surface area contributed by atoms with Crippen molar-refractivity contribution in [3.05, 3.63) is 70.0 Å². The van der Waals surface area contributed by atoms with Gasteiger partial charge in [-0.2, -0.15) is 0 Å². The number of para-hydroxylation sites is 1. The number of pyridine rings is 1. The van der Waals surface area contributed by atoms with Crippen molar-refractivity contribution in [3.8, 4) is 5.75 Å². The van der Waals surface area contributed by atoms with Gasteiger partial charge in [-0.15, -0.1) is 0 Å². The molecule has 0 saturated carbocycles. The zero-order valence-corrected chi connectivity index (χ0v) is 15.2. The number of anilines is 1. The maximum absolute atomic E-state index is 13.2. The molecule has 1 heterocycles. The Balaban J connectivity index is 0.00000261. The van der Waals surface area contributed by atoms with Gasteiger partial charge in [0.15, 0.2) is 0 Å². The molecule has 5 nitrogen and oxygen atoms in total. The molecule has 0 fully saturated rings. The van der Waals surface area contributed by atoms with Crippen LogP contribution in [0.15, 0.2) is 53.3 Å². The van der Waals surface area contributed by atoms with E-state index in [1.54, 1.807) is 25.2 Å². The Kier molecular flexibility index (Phi) is 7.09. The third kappa shape index (κ3) is 3.77.